The largest absolute Gasteiger partial charge is 0.323 e. The van der Waals surface area contributed by atoms with Crippen LogP contribution in [0.15, 0.2) is 29.6 Å². The fraction of sp³-hybridized carbons (Fsp3) is 0.389. The molecule has 1 aliphatic rings. The van der Waals surface area contributed by atoms with Crippen molar-refractivity contribution in [3.05, 3.63) is 35.2 Å². The van der Waals surface area contributed by atoms with Gasteiger partial charge in [0.1, 0.15) is 6.54 Å². The number of nitrogens with one attached hydrogen (secondary N) is 1. The molecule has 132 valence electrons. The van der Waals surface area contributed by atoms with Gasteiger partial charge in [0, 0.05) is 10.9 Å². The van der Waals surface area contributed by atoms with Crippen molar-refractivity contribution in [2.45, 2.75) is 26.2 Å². The van der Waals surface area contributed by atoms with Crippen LogP contribution in [0.5, 0.6) is 0 Å². The van der Waals surface area contributed by atoms with E-state index in [1.165, 1.54) is 41.5 Å². The van der Waals surface area contributed by atoms with Crippen molar-refractivity contribution in [1.29, 1.82) is 0 Å². The van der Waals surface area contributed by atoms with Gasteiger partial charge in [-0.15, -0.1) is 23.1 Å². The first-order chi connectivity index (χ1) is 12.2. The SMILES string of the molecule is CCCCc1ccc(-c2csc(NC(=O)CN3CSCC3=O)n2)cc1. The number of nitrogens with zero attached hydrogens (tertiary/aromatic N) is 2. The van der Waals surface area contributed by atoms with Crippen LogP contribution in [0, 0.1) is 0 Å². The number of unbranched alkanes of at least 4 members (excludes halogenated alkanes) is 1. The zero-order valence-corrected chi connectivity index (χ0v) is 15.8. The lowest BCUT2D eigenvalue weighted by molar-refractivity contribution is -0.130. The van der Waals surface area contributed by atoms with E-state index in [-0.39, 0.29) is 18.4 Å². The molecule has 0 aliphatic carbocycles. The van der Waals surface area contributed by atoms with Crippen molar-refractivity contribution < 1.29 is 9.59 Å². The molecule has 1 aromatic heterocycles. The maximum atomic E-state index is 12.1. The molecule has 0 radical (unpaired) electrons. The predicted molar refractivity (Wildman–Crippen MR) is 104 cm³/mol. The van der Waals surface area contributed by atoms with E-state index in [0.29, 0.717) is 16.8 Å². The normalized spacial score (nSPS) is 14.1. The highest BCUT2D eigenvalue weighted by Crippen LogP contribution is 2.25. The van der Waals surface area contributed by atoms with Crippen molar-refractivity contribution in [2.75, 3.05) is 23.5 Å². The molecule has 0 saturated carbocycles. The lowest BCUT2D eigenvalue weighted by atomic mass is 10.1. The van der Waals surface area contributed by atoms with Gasteiger partial charge in [-0.2, -0.15) is 0 Å². The Balaban J connectivity index is 1.58. The van der Waals surface area contributed by atoms with E-state index in [4.69, 9.17) is 0 Å². The Labute approximate surface area is 155 Å². The highest BCUT2D eigenvalue weighted by molar-refractivity contribution is 8.00. The molecule has 1 N–H and O–H groups in total. The summed E-state index contributed by atoms with van der Waals surface area (Å²) in [5.41, 5.74) is 3.24. The van der Waals surface area contributed by atoms with Crippen molar-refractivity contribution in [1.82, 2.24) is 9.88 Å². The molecular weight excluding hydrogens is 354 g/mol. The van der Waals surface area contributed by atoms with Gasteiger partial charge in [-0.1, -0.05) is 37.6 Å². The second kappa shape index (κ2) is 8.49. The molecule has 25 heavy (non-hydrogen) atoms. The molecule has 7 heteroatoms. The third-order valence-electron chi connectivity index (χ3n) is 3.98. The van der Waals surface area contributed by atoms with Gasteiger partial charge in [0.2, 0.25) is 11.8 Å². The summed E-state index contributed by atoms with van der Waals surface area (Å²) in [6.45, 7) is 2.28. The van der Waals surface area contributed by atoms with Crippen LogP contribution >= 0.6 is 23.1 Å². The molecular formula is C18H21N3O2S2. The highest BCUT2D eigenvalue weighted by atomic mass is 32.2. The van der Waals surface area contributed by atoms with Crippen LogP contribution in [-0.4, -0.2) is 39.9 Å². The molecule has 2 amide bonds. The lowest BCUT2D eigenvalue weighted by Gasteiger charge is -2.13. The number of carbonyl (C=O) groups excluding carboxylic acids is 2. The predicted octanol–water partition coefficient (Wildman–Crippen LogP) is 3.62. The lowest BCUT2D eigenvalue weighted by Crippen LogP contribution is -2.34. The number of benzene rings is 1. The van der Waals surface area contributed by atoms with Crippen LogP contribution in [0.4, 0.5) is 5.13 Å². The maximum Gasteiger partial charge on any atom is 0.245 e. The first kappa shape index (κ1) is 17.9. The van der Waals surface area contributed by atoms with Crippen LogP contribution in [-0.2, 0) is 16.0 Å². The standard InChI is InChI=1S/C18H21N3O2S2/c1-2-3-4-13-5-7-14(8-6-13)15-10-25-18(19-15)20-16(22)9-21-12-24-11-17(21)23/h5-8,10H,2-4,9,11-12H2,1H3,(H,19,20,22). The second-order valence-corrected chi connectivity index (χ2v) is 7.77. The van der Waals surface area contributed by atoms with Gasteiger partial charge in [0.15, 0.2) is 5.13 Å². The Morgan fingerprint density at radius 3 is 2.80 bits per heavy atom. The van der Waals surface area contributed by atoms with Crippen LogP contribution in [0.2, 0.25) is 0 Å². The summed E-state index contributed by atoms with van der Waals surface area (Å²) < 4.78 is 0. The van der Waals surface area contributed by atoms with Crippen molar-refractivity contribution in [3.63, 3.8) is 0 Å². The van der Waals surface area contributed by atoms with Gasteiger partial charge in [-0.25, -0.2) is 4.98 Å². The first-order valence-corrected chi connectivity index (χ1v) is 10.4. The number of amides is 2. The monoisotopic (exact) mass is 375 g/mol. The summed E-state index contributed by atoms with van der Waals surface area (Å²) in [5.74, 6) is 0.859. The molecule has 0 unspecified atom stereocenters. The Hall–Kier alpha value is -1.86. The van der Waals surface area contributed by atoms with Gasteiger partial charge >= 0.3 is 0 Å². The minimum Gasteiger partial charge on any atom is -0.323 e. The molecule has 0 bridgehead atoms. The van der Waals surface area contributed by atoms with Gasteiger partial charge < -0.3 is 10.2 Å². The molecule has 5 nitrogen and oxygen atoms in total. The number of anilines is 1. The van der Waals surface area contributed by atoms with Crippen LogP contribution in [0.25, 0.3) is 11.3 Å². The number of carbonyl (C=O) groups is 2. The molecule has 2 heterocycles. The molecule has 2 aromatic rings. The number of hydrogen-bond donors (Lipinski definition) is 1. The van der Waals surface area contributed by atoms with E-state index in [1.54, 1.807) is 4.90 Å². The summed E-state index contributed by atoms with van der Waals surface area (Å²) in [4.78, 5) is 29.7. The number of thioether (sulfide) groups is 1. The number of thiazole rings is 1. The zero-order chi connectivity index (χ0) is 17.6. The van der Waals surface area contributed by atoms with Crippen molar-refractivity contribution in [3.8, 4) is 11.3 Å². The average molecular weight is 376 g/mol. The van der Waals surface area contributed by atoms with Gasteiger partial charge in [-0.05, 0) is 18.4 Å². The molecule has 1 fully saturated rings. The Kier molecular flexibility index (Phi) is 6.09. The number of aromatic nitrogens is 1. The van der Waals surface area contributed by atoms with Gasteiger partial charge in [-0.3, -0.25) is 9.59 Å². The van der Waals surface area contributed by atoms with Gasteiger partial charge in [0.05, 0.1) is 17.3 Å². The smallest absolute Gasteiger partial charge is 0.245 e. The topological polar surface area (TPSA) is 62.3 Å². The van der Waals surface area contributed by atoms with Crippen LogP contribution < -0.4 is 5.32 Å². The molecule has 1 saturated heterocycles. The van der Waals surface area contributed by atoms with E-state index >= 15 is 0 Å². The summed E-state index contributed by atoms with van der Waals surface area (Å²) in [5, 5.41) is 5.29. The second-order valence-electron chi connectivity index (χ2n) is 5.96. The molecule has 1 aliphatic heterocycles. The molecule has 1 aromatic carbocycles. The Bertz CT molecular complexity index is 743. The first-order valence-electron chi connectivity index (χ1n) is 8.36. The highest BCUT2D eigenvalue weighted by Gasteiger charge is 2.23. The molecule has 0 atom stereocenters. The summed E-state index contributed by atoms with van der Waals surface area (Å²) in [6.07, 6.45) is 3.49. The Morgan fingerprint density at radius 1 is 1.32 bits per heavy atom. The van der Waals surface area contributed by atoms with Crippen LogP contribution in [0.1, 0.15) is 25.3 Å². The third-order valence-corrected chi connectivity index (χ3v) is 5.68. The minimum absolute atomic E-state index is 0.0168. The van der Waals surface area contributed by atoms with E-state index in [2.05, 4.69) is 41.5 Å². The molecule has 0 spiro atoms. The number of hydrogen-bond acceptors (Lipinski definition) is 5. The summed E-state index contributed by atoms with van der Waals surface area (Å²) in [7, 11) is 0. The minimum atomic E-state index is -0.202. The van der Waals surface area contributed by atoms with Crippen LogP contribution in [0.3, 0.4) is 0 Å². The van der Waals surface area contributed by atoms with E-state index in [9.17, 15) is 9.59 Å². The van der Waals surface area contributed by atoms with Crippen molar-refractivity contribution in [2.24, 2.45) is 0 Å². The third kappa shape index (κ3) is 4.83. The fourth-order valence-corrected chi connectivity index (χ4v) is 4.20. The quantitative estimate of drug-likeness (QED) is 0.803. The van der Waals surface area contributed by atoms with E-state index in [0.717, 1.165) is 17.7 Å². The zero-order valence-electron chi connectivity index (χ0n) is 14.2. The maximum absolute atomic E-state index is 12.1. The molecule has 3 rings (SSSR count). The van der Waals surface area contributed by atoms with E-state index in [1.807, 2.05) is 5.38 Å². The number of rotatable bonds is 7. The van der Waals surface area contributed by atoms with Gasteiger partial charge in [0.25, 0.3) is 0 Å². The van der Waals surface area contributed by atoms with Crippen molar-refractivity contribution >= 4 is 40.0 Å². The summed E-state index contributed by atoms with van der Waals surface area (Å²) >= 11 is 2.93. The average Bonchev–Trinajstić information content (AvgIpc) is 3.23. The fourth-order valence-electron chi connectivity index (χ4n) is 2.56. The number of aryl methyl sites for hydroxylation is 1. The Morgan fingerprint density at radius 2 is 2.12 bits per heavy atom. The van der Waals surface area contributed by atoms with E-state index < -0.39 is 0 Å². The summed E-state index contributed by atoms with van der Waals surface area (Å²) in [6, 6.07) is 8.43.